The van der Waals surface area contributed by atoms with Crippen molar-refractivity contribution in [2.45, 2.75) is 39.7 Å². The van der Waals surface area contributed by atoms with Crippen molar-refractivity contribution in [3.63, 3.8) is 0 Å². The first-order valence-corrected chi connectivity index (χ1v) is 13.6. The van der Waals surface area contributed by atoms with Crippen molar-refractivity contribution in [1.82, 2.24) is 10.2 Å². The lowest BCUT2D eigenvalue weighted by Crippen LogP contribution is -2.53. The highest BCUT2D eigenvalue weighted by Crippen LogP contribution is 2.27. The number of carbonyl (C=O) groups excluding carboxylic acids is 2. The Hall–Kier alpha value is -2.58. The van der Waals surface area contributed by atoms with Crippen molar-refractivity contribution in [2.24, 2.45) is 5.92 Å². The van der Waals surface area contributed by atoms with E-state index in [1.165, 1.54) is 4.90 Å². The van der Waals surface area contributed by atoms with Crippen molar-refractivity contribution in [1.29, 1.82) is 0 Å². The topological polar surface area (TPSA) is 86.8 Å². The lowest BCUT2D eigenvalue weighted by molar-refractivity contribution is -0.139. The van der Waals surface area contributed by atoms with Crippen LogP contribution in [0.15, 0.2) is 54.6 Å². The van der Waals surface area contributed by atoms with Gasteiger partial charge in [0.05, 0.1) is 17.0 Å². The highest BCUT2D eigenvalue weighted by atomic mass is 35.5. The molecule has 0 fully saturated rings. The van der Waals surface area contributed by atoms with Crippen molar-refractivity contribution in [2.75, 3.05) is 30.2 Å². The maximum absolute atomic E-state index is 13.5. The van der Waals surface area contributed by atoms with Gasteiger partial charge in [-0.2, -0.15) is 0 Å². The molecule has 2 aromatic rings. The van der Waals surface area contributed by atoms with E-state index in [0.29, 0.717) is 19.4 Å². The molecule has 0 aliphatic carbocycles. The van der Waals surface area contributed by atoms with E-state index in [-0.39, 0.29) is 29.1 Å². The minimum Gasteiger partial charge on any atom is -0.354 e. The van der Waals surface area contributed by atoms with Crippen LogP contribution in [0.2, 0.25) is 5.02 Å². The van der Waals surface area contributed by atoms with Crippen LogP contribution in [0.3, 0.4) is 0 Å². The molecule has 2 aromatic carbocycles. The number of halogens is 1. The summed E-state index contributed by atoms with van der Waals surface area (Å²) in [6.45, 7) is 6.14. The molecular formula is C25H34ClN3O4S. The first kappa shape index (κ1) is 27.7. The molecule has 0 bridgehead atoms. The Kier molecular flexibility index (Phi) is 10.4. The summed E-state index contributed by atoms with van der Waals surface area (Å²) in [5, 5.41) is 3.13. The second kappa shape index (κ2) is 12.8. The van der Waals surface area contributed by atoms with Gasteiger partial charge in [-0.05, 0) is 36.5 Å². The molecule has 0 heterocycles. The average molecular weight is 508 g/mol. The van der Waals surface area contributed by atoms with Gasteiger partial charge in [0.25, 0.3) is 0 Å². The zero-order chi connectivity index (χ0) is 25.3. The number of amides is 2. The predicted octanol–water partition coefficient (Wildman–Crippen LogP) is 3.73. The van der Waals surface area contributed by atoms with Gasteiger partial charge in [0.2, 0.25) is 21.8 Å². The zero-order valence-corrected chi connectivity index (χ0v) is 21.8. The Bertz CT molecular complexity index is 1060. The lowest BCUT2D eigenvalue weighted by atomic mass is 10.1. The Labute approximate surface area is 208 Å². The molecule has 186 valence electrons. The van der Waals surface area contributed by atoms with Crippen LogP contribution in [0, 0.1) is 5.92 Å². The van der Waals surface area contributed by atoms with Crippen molar-refractivity contribution >= 4 is 39.1 Å². The predicted molar refractivity (Wildman–Crippen MR) is 137 cm³/mol. The van der Waals surface area contributed by atoms with Crippen LogP contribution < -0.4 is 9.62 Å². The van der Waals surface area contributed by atoms with E-state index in [2.05, 4.69) is 5.32 Å². The summed E-state index contributed by atoms with van der Waals surface area (Å²) in [5.74, 6) is -0.454. The van der Waals surface area contributed by atoms with E-state index in [0.717, 1.165) is 16.1 Å². The van der Waals surface area contributed by atoms with E-state index in [4.69, 9.17) is 11.6 Å². The summed E-state index contributed by atoms with van der Waals surface area (Å²) in [6.07, 6.45) is 1.96. The number of nitrogens with zero attached hydrogens (tertiary/aromatic N) is 2. The second-order valence-corrected chi connectivity index (χ2v) is 10.9. The van der Waals surface area contributed by atoms with Gasteiger partial charge in [-0.15, -0.1) is 0 Å². The molecule has 0 saturated carbocycles. The molecule has 0 spiro atoms. The van der Waals surface area contributed by atoms with Crippen LogP contribution in [0.4, 0.5) is 5.69 Å². The lowest BCUT2D eigenvalue weighted by Gasteiger charge is -2.33. The molecule has 9 heteroatoms. The third-order valence-corrected chi connectivity index (χ3v) is 6.80. The van der Waals surface area contributed by atoms with Crippen molar-refractivity contribution in [3.05, 3.63) is 65.2 Å². The second-order valence-electron chi connectivity index (χ2n) is 8.61. The highest BCUT2D eigenvalue weighted by molar-refractivity contribution is 7.92. The fourth-order valence-corrected chi connectivity index (χ4v) is 4.72. The maximum Gasteiger partial charge on any atom is 0.244 e. The smallest absolute Gasteiger partial charge is 0.244 e. The number of sulfonamides is 1. The Morgan fingerprint density at radius 2 is 1.65 bits per heavy atom. The van der Waals surface area contributed by atoms with E-state index < -0.39 is 28.5 Å². The highest BCUT2D eigenvalue weighted by Gasteiger charge is 2.31. The quantitative estimate of drug-likeness (QED) is 0.474. The fraction of sp³-hybridized carbons (Fsp3) is 0.440. The molecule has 0 aromatic heterocycles. The van der Waals surface area contributed by atoms with E-state index in [1.54, 1.807) is 24.3 Å². The largest absolute Gasteiger partial charge is 0.354 e. The summed E-state index contributed by atoms with van der Waals surface area (Å²) in [6, 6.07) is 15.4. The number of carbonyl (C=O) groups is 2. The summed E-state index contributed by atoms with van der Waals surface area (Å²) in [4.78, 5) is 28.0. The van der Waals surface area contributed by atoms with E-state index >= 15 is 0 Å². The Balaban J connectivity index is 2.35. The molecule has 2 rings (SSSR count). The average Bonchev–Trinajstić information content (AvgIpc) is 2.79. The Morgan fingerprint density at radius 1 is 1.03 bits per heavy atom. The summed E-state index contributed by atoms with van der Waals surface area (Å²) in [7, 11) is -3.81. The van der Waals surface area contributed by atoms with E-state index in [1.807, 2.05) is 51.1 Å². The molecule has 1 N–H and O–H groups in total. The summed E-state index contributed by atoms with van der Waals surface area (Å²) >= 11 is 6.25. The molecule has 0 radical (unpaired) electrons. The van der Waals surface area contributed by atoms with Crippen LogP contribution in [-0.2, 0) is 26.0 Å². The molecule has 0 aliphatic heterocycles. The van der Waals surface area contributed by atoms with Crippen molar-refractivity contribution in [3.8, 4) is 0 Å². The third kappa shape index (κ3) is 8.02. The van der Waals surface area contributed by atoms with E-state index in [9.17, 15) is 18.0 Å². The van der Waals surface area contributed by atoms with Crippen LogP contribution in [0.5, 0.6) is 0 Å². The van der Waals surface area contributed by atoms with Gasteiger partial charge in [0.15, 0.2) is 0 Å². The summed E-state index contributed by atoms with van der Waals surface area (Å²) in [5.41, 5.74) is 1.24. The van der Waals surface area contributed by atoms with Gasteiger partial charge in [-0.25, -0.2) is 8.42 Å². The maximum atomic E-state index is 13.5. The van der Waals surface area contributed by atoms with Crippen LogP contribution in [-0.4, -0.2) is 57.1 Å². The number of hydrogen-bond donors (Lipinski definition) is 1. The molecule has 1 atom stereocenters. The number of anilines is 1. The summed E-state index contributed by atoms with van der Waals surface area (Å²) < 4.78 is 26.2. The standard InChI is InChI=1S/C25H34ClN3O4S/c1-5-22(25(31)27-17-19(2)3)28(16-15-20-11-7-6-8-12-20)24(30)18-29(34(4,32)33)23-14-10-9-13-21(23)26/h6-14,19,22H,5,15-18H2,1-4H3,(H,27,31)/t22-/m0/s1. The molecule has 34 heavy (non-hydrogen) atoms. The molecule has 2 amide bonds. The van der Waals surface area contributed by atoms with Gasteiger partial charge >= 0.3 is 0 Å². The first-order chi connectivity index (χ1) is 16.0. The SMILES string of the molecule is CC[C@@H](C(=O)NCC(C)C)N(CCc1ccccc1)C(=O)CN(c1ccccc1Cl)S(C)(=O)=O. The molecule has 0 unspecified atom stereocenters. The van der Waals surface area contributed by atoms with Gasteiger partial charge in [-0.1, -0.05) is 74.8 Å². The number of nitrogens with one attached hydrogen (secondary N) is 1. The zero-order valence-electron chi connectivity index (χ0n) is 20.2. The van der Waals surface area contributed by atoms with Gasteiger partial charge in [-0.3, -0.25) is 13.9 Å². The molecule has 0 aliphatic rings. The van der Waals surface area contributed by atoms with Crippen LogP contribution in [0.25, 0.3) is 0 Å². The van der Waals surface area contributed by atoms with Gasteiger partial charge in [0, 0.05) is 13.1 Å². The normalized spacial score (nSPS) is 12.3. The Morgan fingerprint density at radius 3 is 2.21 bits per heavy atom. The molecular weight excluding hydrogens is 474 g/mol. The fourth-order valence-electron chi connectivity index (χ4n) is 3.57. The number of benzene rings is 2. The monoisotopic (exact) mass is 507 g/mol. The number of hydrogen-bond acceptors (Lipinski definition) is 4. The minimum atomic E-state index is -3.81. The third-order valence-electron chi connectivity index (χ3n) is 5.36. The molecule has 0 saturated heterocycles. The van der Waals surface area contributed by atoms with Crippen LogP contribution >= 0.6 is 11.6 Å². The van der Waals surface area contributed by atoms with Gasteiger partial charge in [0.1, 0.15) is 12.6 Å². The van der Waals surface area contributed by atoms with Crippen molar-refractivity contribution < 1.29 is 18.0 Å². The molecule has 7 nitrogen and oxygen atoms in total. The number of rotatable bonds is 12. The van der Waals surface area contributed by atoms with Crippen LogP contribution in [0.1, 0.15) is 32.8 Å². The van der Waals surface area contributed by atoms with Gasteiger partial charge < -0.3 is 10.2 Å². The number of para-hydroxylation sites is 1. The first-order valence-electron chi connectivity index (χ1n) is 11.4. The minimum absolute atomic E-state index is 0.221.